The molecule has 0 aliphatic carbocycles. The Labute approximate surface area is 221 Å². The van der Waals surface area contributed by atoms with Crippen molar-refractivity contribution < 1.29 is 4.79 Å². The summed E-state index contributed by atoms with van der Waals surface area (Å²) in [7, 11) is 0. The lowest BCUT2D eigenvalue weighted by Crippen LogP contribution is -2.49. The number of benzene rings is 3. The summed E-state index contributed by atoms with van der Waals surface area (Å²) >= 11 is 0. The van der Waals surface area contributed by atoms with Crippen LogP contribution in [0.15, 0.2) is 97.5 Å². The highest BCUT2D eigenvalue weighted by atomic mass is 16.2. The molecule has 0 unspecified atom stereocenters. The van der Waals surface area contributed by atoms with Crippen molar-refractivity contribution in [3.8, 4) is 0 Å². The Morgan fingerprint density at radius 1 is 0.763 bits per heavy atom. The predicted molar refractivity (Wildman–Crippen MR) is 149 cm³/mol. The Hall–Kier alpha value is -4.85. The molecule has 8 heteroatoms. The Morgan fingerprint density at radius 2 is 1.53 bits per heavy atom. The van der Waals surface area contributed by atoms with Crippen molar-refractivity contribution in [2.24, 2.45) is 0 Å². The number of para-hydroxylation sites is 1. The van der Waals surface area contributed by atoms with Gasteiger partial charge in [0.1, 0.15) is 0 Å². The number of hydrogen-bond donors (Lipinski definition) is 1. The quantitative estimate of drug-likeness (QED) is 0.360. The van der Waals surface area contributed by atoms with Crippen LogP contribution in [0.1, 0.15) is 21.5 Å². The fraction of sp³-hybridized carbons (Fsp3) is 0.167. The van der Waals surface area contributed by atoms with E-state index < -0.39 is 0 Å². The molecule has 6 rings (SSSR count). The van der Waals surface area contributed by atoms with Crippen molar-refractivity contribution in [1.82, 2.24) is 24.8 Å². The van der Waals surface area contributed by atoms with Crippen LogP contribution in [0, 0.1) is 0 Å². The number of fused-ring (bicyclic) bond motifs is 1. The van der Waals surface area contributed by atoms with E-state index >= 15 is 0 Å². The number of nitrogens with zero attached hydrogens (tertiary/aromatic N) is 6. The first kappa shape index (κ1) is 23.5. The van der Waals surface area contributed by atoms with Crippen molar-refractivity contribution >= 4 is 34.4 Å². The molecule has 0 atom stereocenters. The number of piperazine rings is 1. The summed E-state index contributed by atoms with van der Waals surface area (Å²) in [6, 6.07) is 25.6. The first-order valence-corrected chi connectivity index (χ1v) is 12.7. The van der Waals surface area contributed by atoms with Gasteiger partial charge in [0.2, 0.25) is 11.9 Å². The molecule has 3 aromatic carbocycles. The minimum absolute atomic E-state index is 0.00635. The van der Waals surface area contributed by atoms with Crippen molar-refractivity contribution in [1.29, 1.82) is 0 Å². The lowest BCUT2D eigenvalue weighted by atomic mass is 10.1. The van der Waals surface area contributed by atoms with Gasteiger partial charge in [-0.2, -0.15) is 0 Å². The van der Waals surface area contributed by atoms with Crippen LogP contribution in [0.3, 0.4) is 0 Å². The van der Waals surface area contributed by atoms with Crippen LogP contribution in [-0.4, -0.2) is 56.9 Å². The molecule has 2 aromatic heterocycles. The lowest BCUT2D eigenvalue weighted by molar-refractivity contribution is 0.0746. The fourth-order valence-electron chi connectivity index (χ4n) is 4.62. The zero-order valence-corrected chi connectivity index (χ0v) is 20.9. The van der Waals surface area contributed by atoms with E-state index in [0.717, 1.165) is 28.6 Å². The SMILES string of the molecule is O=C(c1cccc(Nc2ncc3ccccc3n2)c1)N1CCN(c2ncc(Cc3ccccc3)cn2)CC1. The van der Waals surface area contributed by atoms with E-state index in [1.54, 1.807) is 6.20 Å². The molecule has 38 heavy (non-hydrogen) atoms. The molecular weight excluding hydrogens is 474 g/mol. The van der Waals surface area contributed by atoms with Crippen LogP contribution in [0.5, 0.6) is 0 Å². The van der Waals surface area contributed by atoms with Crippen LogP contribution in [0.2, 0.25) is 0 Å². The number of rotatable bonds is 6. The molecule has 1 aliphatic rings. The van der Waals surface area contributed by atoms with Crippen molar-refractivity contribution in [2.45, 2.75) is 6.42 Å². The standard InChI is InChI=1S/C30H27N7O/c38-28(24-10-6-11-26(18-24)34-29-31-21-25-9-4-5-12-27(25)35-29)36-13-15-37(16-14-36)30-32-19-23(20-33-30)17-22-7-2-1-3-8-22/h1-12,18-21H,13-17H2,(H,31,34,35). The molecule has 0 bridgehead atoms. The highest BCUT2D eigenvalue weighted by Gasteiger charge is 2.23. The molecule has 1 saturated heterocycles. The van der Waals surface area contributed by atoms with Gasteiger partial charge in [-0.1, -0.05) is 54.6 Å². The van der Waals surface area contributed by atoms with Crippen molar-refractivity contribution in [2.75, 3.05) is 36.4 Å². The summed E-state index contributed by atoms with van der Waals surface area (Å²) in [4.78, 5) is 35.4. The van der Waals surface area contributed by atoms with Crippen molar-refractivity contribution in [3.05, 3.63) is 114 Å². The Morgan fingerprint density at radius 3 is 2.34 bits per heavy atom. The lowest BCUT2D eigenvalue weighted by Gasteiger charge is -2.34. The number of carbonyl (C=O) groups excluding carboxylic acids is 1. The van der Waals surface area contributed by atoms with Crippen molar-refractivity contribution in [3.63, 3.8) is 0 Å². The van der Waals surface area contributed by atoms with Gasteiger partial charge in [0.25, 0.3) is 5.91 Å². The Balaban J connectivity index is 1.06. The van der Waals surface area contributed by atoms with E-state index in [4.69, 9.17) is 0 Å². The van der Waals surface area contributed by atoms with Gasteiger partial charge in [-0.25, -0.2) is 19.9 Å². The number of hydrogen-bond acceptors (Lipinski definition) is 7. The molecule has 3 heterocycles. The number of nitrogens with one attached hydrogen (secondary N) is 1. The van der Waals surface area contributed by atoms with E-state index in [-0.39, 0.29) is 5.91 Å². The summed E-state index contributed by atoms with van der Waals surface area (Å²) < 4.78 is 0. The molecule has 188 valence electrons. The summed E-state index contributed by atoms with van der Waals surface area (Å²) in [5, 5.41) is 4.21. The molecular formula is C30H27N7O. The van der Waals surface area contributed by atoms with Crippen LogP contribution >= 0.6 is 0 Å². The zero-order valence-electron chi connectivity index (χ0n) is 20.9. The normalized spacial score (nSPS) is 13.5. The monoisotopic (exact) mass is 501 g/mol. The summed E-state index contributed by atoms with van der Waals surface area (Å²) in [6.45, 7) is 2.60. The molecule has 0 radical (unpaired) electrons. The highest BCUT2D eigenvalue weighted by Crippen LogP contribution is 2.20. The second kappa shape index (κ2) is 10.6. The Bertz CT molecular complexity index is 1550. The maximum Gasteiger partial charge on any atom is 0.254 e. The first-order chi connectivity index (χ1) is 18.7. The van der Waals surface area contributed by atoms with Crippen LogP contribution in [-0.2, 0) is 6.42 Å². The topological polar surface area (TPSA) is 87.1 Å². The van der Waals surface area contributed by atoms with Crippen LogP contribution in [0.25, 0.3) is 10.9 Å². The molecule has 8 nitrogen and oxygen atoms in total. The largest absolute Gasteiger partial charge is 0.337 e. The fourth-order valence-corrected chi connectivity index (χ4v) is 4.62. The Kier molecular flexibility index (Phi) is 6.59. The number of anilines is 3. The molecule has 0 saturated carbocycles. The maximum absolute atomic E-state index is 13.3. The predicted octanol–water partition coefficient (Wildman–Crippen LogP) is 4.72. The van der Waals surface area contributed by atoms with Gasteiger partial charge in [0, 0.05) is 67.8 Å². The van der Waals surface area contributed by atoms with Gasteiger partial charge in [-0.15, -0.1) is 0 Å². The molecule has 1 aliphatic heterocycles. The van der Waals surface area contributed by atoms with Crippen LogP contribution < -0.4 is 10.2 Å². The third kappa shape index (κ3) is 5.29. The molecule has 1 fully saturated rings. The van der Waals surface area contributed by atoms with Gasteiger partial charge in [0.15, 0.2) is 0 Å². The second-order valence-corrected chi connectivity index (χ2v) is 9.29. The van der Waals surface area contributed by atoms with E-state index in [2.05, 4.69) is 42.3 Å². The first-order valence-electron chi connectivity index (χ1n) is 12.7. The van der Waals surface area contributed by atoms with Crippen LogP contribution in [0.4, 0.5) is 17.6 Å². The molecule has 1 N–H and O–H groups in total. The maximum atomic E-state index is 13.3. The van der Waals surface area contributed by atoms with E-state index in [1.807, 2.05) is 84.0 Å². The third-order valence-electron chi connectivity index (χ3n) is 6.65. The van der Waals surface area contributed by atoms with Gasteiger partial charge < -0.3 is 15.1 Å². The summed E-state index contributed by atoms with van der Waals surface area (Å²) in [5.41, 5.74) is 4.58. The van der Waals surface area contributed by atoms with Gasteiger partial charge in [0.05, 0.1) is 5.52 Å². The van der Waals surface area contributed by atoms with Gasteiger partial charge in [-0.05, 0) is 35.4 Å². The average Bonchev–Trinajstić information content (AvgIpc) is 2.98. The number of aromatic nitrogens is 4. The third-order valence-corrected chi connectivity index (χ3v) is 6.65. The smallest absolute Gasteiger partial charge is 0.254 e. The summed E-state index contributed by atoms with van der Waals surface area (Å²) in [5.74, 6) is 1.21. The minimum atomic E-state index is 0.00635. The van der Waals surface area contributed by atoms with E-state index in [1.165, 1.54) is 5.56 Å². The molecule has 0 spiro atoms. The van der Waals surface area contributed by atoms with Gasteiger partial charge >= 0.3 is 0 Å². The minimum Gasteiger partial charge on any atom is -0.337 e. The second-order valence-electron chi connectivity index (χ2n) is 9.29. The summed E-state index contributed by atoms with van der Waals surface area (Å²) in [6.07, 6.45) is 6.39. The van der Waals surface area contributed by atoms with E-state index in [0.29, 0.717) is 43.6 Å². The average molecular weight is 502 g/mol. The number of amides is 1. The number of carbonyl (C=O) groups is 1. The van der Waals surface area contributed by atoms with E-state index in [9.17, 15) is 4.79 Å². The van der Waals surface area contributed by atoms with Gasteiger partial charge in [-0.3, -0.25) is 4.79 Å². The highest BCUT2D eigenvalue weighted by molar-refractivity contribution is 5.95. The molecule has 5 aromatic rings. The zero-order chi connectivity index (χ0) is 25.7. The molecule has 1 amide bonds.